The Labute approximate surface area is 80.2 Å². The first kappa shape index (κ1) is 10.7. The largest absolute Gasteiger partial charge is 0.394 e. The minimum atomic E-state index is -2.27. The van der Waals surface area contributed by atoms with Crippen molar-refractivity contribution in [1.29, 1.82) is 0 Å². The lowest BCUT2D eigenvalue weighted by molar-refractivity contribution is 0.133. The molecule has 0 aliphatic rings. The van der Waals surface area contributed by atoms with Crippen LogP contribution in [-0.2, 0) is 6.54 Å². The molecule has 1 aromatic heterocycles. The molecule has 78 valence electrons. The van der Waals surface area contributed by atoms with Crippen molar-refractivity contribution in [2.75, 3.05) is 5.73 Å². The van der Waals surface area contributed by atoms with E-state index in [9.17, 15) is 13.6 Å². The Morgan fingerprint density at radius 2 is 2.21 bits per heavy atom. The zero-order valence-corrected chi connectivity index (χ0v) is 7.62. The van der Waals surface area contributed by atoms with Crippen LogP contribution in [0, 0.1) is 0 Å². The molecule has 5 heteroatoms. The highest BCUT2D eigenvalue weighted by Gasteiger charge is 2.01. The smallest absolute Gasteiger partial charge is 0.238 e. The van der Waals surface area contributed by atoms with Gasteiger partial charge < -0.3 is 10.3 Å². The molecule has 1 aromatic rings. The van der Waals surface area contributed by atoms with Gasteiger partial charge in [-0.1, -0.05) is 0 Å². The highest BCUT2D eigenvalue weighted by molar-refractivity contribution is 5.33. The van der Waals surface area contributed by atoms with Crippen LogP contribution in [0.4, 0.5) is 14.5 Å². The van der Waals surface area contributed by atoms with Gasteiger partial charge >= 0.3 is 0 Å². The lowest BCUT2D eigenvalue weighted by Crippen LogP contribution is -2.11. The number of rotatable bonds is 4. The Bertz CT molecular complexity index is 349. The van der Waals surface area contributed by atoms with Crippen LogP contribution >= 0.6 is 0 Å². The molecule has 0 spiro atoms. The summed E-state index contributed by atoms with van der Waals surface area (Å²) in [6, 6.07) is 1.33. The van der Waals surface area contributed by atoms with E-state index < -0.39 is 6.43 Å². The van der Waals surface area contributed by atoms with Crippen molar-refractivity contribution < 1.29 is 8.78 Å². The molecule has 0 atom stereocenters. The van der Waals surface area contributed by atoms with Crippen molar-refractivity contribution in [2.45, 2.75) is 25.8 Å². The predicted octanol–water partition coefficient (Wildman–Crippen LogP) is 1.48. The van der Waals surface area contributed by atoms with Gasteiger partial charge in [0.2, 0.25) is 11.9 Å². The van der Waals surface area contributed by atoms with Gasteiger partial charge in [-0.3, -0.25) is 4.79 Å². The second kappa shape index (κ2) is 4.74. The van der Waals surface area contributed by atoms with E-state index in [1.54, 1.807) is 10.8 Å². The third kappa shape index (κ3) is 3.16. The molecule has 0 saturated heterocycles. The first-order valence-electron chi connectivity index (χ1n) is 4.33. The molecule has 0 fully saturated rings. The zero-order valence-electron chi connectivity index (χ0n) is 7.62. The van der Waals surface area contributed by atoms with Gasteiger partial charge in [0, 0.05) is 31.4 Å². The summed E-state index contributed by atoms with van der Waals surface area (Å²) >= 11 is 0. The minimum absolute atomic E-state index is 0.133. The van der Waals surface area contributed by atoms with Gasteiger partial charge in [0.15, 0.2) is 0 Å². The Hall–Kier alpha value is -1.39. The van der Waals surface area contributed by atoms with Crippen LogP contribution in [0.25, 0.3) is 0 Å². The van der Waals surface area contributed by atoms with Gasteiger partial charge in [-0.2, -0.15) is 0 Å². The highest BCUT2D eigenvalue weighted by Crippen LogP contribution is 2.04. The van der Waals surface area contributed by atoms with Gasteiger partial charge in [-0.05, 0) is 6.42 Å². The summed E-state index contributed by atoms with van der Waals surface area (Å²) < 4.78 is 25.2. The van der Waals surface area contributed by atoms with Crippen molar-refractivity contribution in [3.63, 3.8) is 0 Å². The second-order valence-electron chi connectivity index (χ2n) is 3.04. The van der Waals surface area contributed by atoms with E-state index in [4.69, 9.17) is 5.73 Å². The summed E-state index contributed by atoms with van der Waals surface area (Å²) in [5, 5.41) is 0. The normalized spacial score (nSPS) is 10.8. The number of pyridine rings is 1. The summed E-state index contributed by atoms with van der Waals surface area (Å²) in [6.07, 6.45) is 0.982. The molecule has 1 heterocycles. The summed E-state index contributed by atoms with van der Waals surface area (Å²) in [5.41, 5.74) is 5.27. The quantitative estimate of drug-likeness (QED) is 0.803. The van der Waals surface area contributed by atoms with E-state index in [0.717, 1.165) is 0 Å². The third-order valence-electron chi connectivity index (χ3n) is 1.85. The Kier molecular flexibility index (Phi) is 3.62. The molecule has 3 nitrogen and oxygen atoms in total. The third-order valence-corrected chi connectivity index (χ3v) is 1.85. The Balaban J connectivity index is 2.52. The molecule has 0 radical (unpaired) electrons. The van der Waals surface area contributed by atoms with Crippen LogP contribution in [0.3, 0.4) is 0 Å². The molecule has 0 bridgehead atoms. The van der Waals surface area contributed by atoms with E-state index in [0.29, 0.717) is 13.0 Å². The van der Waals surface area contributed by atoms with Crippen LogP contribution in [0.1, 0.15) is 12.8 Å². The maximum Gasteiger partial charge on any atom is 0.238 e. The maximum atomic E-state index is 11.8. The number of aromatic nitrogens is 1. The van der Waals surface area contributed by atoms with Crippen molar-refractivity contribution in [2.24, 2.45) is 0 Å². The number of halogens is 2. The number of nitrogens with zero attached hydrogens (tertiary/aromatic N) is 1. The summed E-state index contributed by atoms with van der Waals surface area (Å²) in [7, 11) is 0. The monoisotopic (exact) mass is 202 g/mol. The average Bonchev–Trinajstić information content (AvgIpc) is 2.10. The first-order chi connectivity index (χ1) is 6.59. The number of alkyl halides is 2. The van der Waals surface area contributed by atoms with Gasteiger partial charge in [0.25, 0.3) is 0 Å². The molecule has 14 heavy (non-hydrogen) atoms. The topological polar surface area (TPSA) is 48.0 Å². The summed E-state index contributed by atoms with van der Waals surface area (Å²) in [5.74, 6) is 0. The fourth-order valence-electron chi connectivity index (χ4n) is 1.11. The van der Waals surface area contributed by atoms with Gasteiger partial charge in [-0.25, -0.2) is 8.78 Å². The molecule has 2 N–H and O–H groups in total. The molecule has 0 aliphatic heterocycles. The number of hydrogen-bond donors (Lipinski definition) is 1. The van der Waals surface area contributed by atoms with E-state index in [1.807, 2.05) is 0 Å². The number of hydrogen-bond acceptors (Lipinski definition) is 2. The van der Waals surface area contributed by atoms with E-state index >= 15 is 0 Å². The lowest BCUT2D eigenvalue weighted by atomic mass is 10.3. The fourth-order valence-corrected chi connectivity index (χ4v) is 1.11. The molecular formula is C9H12F2N2O. The van der Waals surface area contributed by atoms with Gasteiger partial charge in [0.05, 0.1) is 5.69 Å². The van der Waals surface area contributed by atoms with Crippen LogP contribution in [-0.4, -0.2) is 11.0 Å². The maximum absolute atomic E-state index is 11.8. The van der Waals surface area contributed by atoms with E-state index in [-0.39, 0.29) is 17.5 Å². The van der Waals surface area contributed by atoms with E-state index in [1.165, 1.54) is 12.3 Å². The van der Waals surface area contributed by atoms with Crippen LogP contribution in [0.15, 0.2) is 23.3 Å². The molecule has 1 rings (SSSR count). The minimum Gasteiger partial charge on any atom is -0.394 e. The predicted molar refractivity (Wildman–Crippen MR) is 50.4 cm³/mol. The molecule has 0 amide bonds. The second-order valence-corrected chi connectivity index (χ2v) is 3.04. The van der Waals surface area contributed by atoms with Crippen molar-refractivity contribution in [3.8, 4) is 0 Å². The summed E-state index contributed by atoms with van der Waals surface area (Å²) in [4.78, 5) is 10.9. The van der Waals surface area contributed by atoms with E-state index in [2.05, 4.69) is 0 Å². The van der Waals surface area contributed by atoms with Crippen LogP contribution < -0.4 is 11.2 Å². The summed E-state index contributed by atoms with van der Waals surface area (Å²) in [6.45, 7) is 0.453. The number of anilines is 1. The Morgan fingerprint density at radius 3 is 2.79 bits per heavy atom. The zero-order chi connectivity index (χ0) is 10.6. The Morgan fingerprint density at radius 1 is 1.50 bits per heavy atom. The number of aryl methyl sites for hydroxylation is 1. The molecule has 0 aromatic carbocycles. The average molecular weight is 202 g/mol. The SMILES string of the molecule is Nc1cn(CCCC(F)F)ccc1=O. The molecule has 0 unspecified atom stereocenters. The molecular weight excluding hydrogens is 190 g/mol. The van der Waals surface area contributed by atoms with Gasteiger partial charge in [0.1, 0.15) is 0 Å². The van der Waals surface area contributed by atoms with Gasteiger partial charge in [-0.15, -0.1) is 0 Å². The first-order valence-corrected chi connectivity index (χ1v) is 4.33. The number of nitrogens with two attached hydrogens (primary N) is 1. The van der Waals surface area contributed by atoms with Crippen molar-refractivity contribution >= 4 is 5.69 Å². The standard InChI is InChI=1S/C9H12F2N2O/c10-9(11)2-1-4-13-5-3-8(14)7(12)6-13/h3,5-6,9H,1-2,4,12H2. The van der Waals surface area contributed by atoms with Crippen molar-refractivity contribution in [1.82, 2.24) is 4.57 Å². The molecule has 0 saturated carbocycles. The molecule has 0 aliphatic carbocycles. The fraction of sp³-hybridized carbons (Fsp3) is 0.444. The van der Waals surface area contributed by atoms with Crippen LogP contribution in [0.2, 0.25) is 0 Å². The van der Waals surface area contributed by atoms with Crippen LogP contribution in [0.5, 0.6) is 0 Å². The van der Waals surface area contributed by atoms with Crippen molar-refractivity contribution in [3.05, 3.63) is 28.7 Å². The highest BCUT2D eigenvalue weighted by atomic mass is 19.3. The number of nitrogen functional groups attached to an aromatic ring is 1. The lowest BCUT2D eigenvalue weighted by Gasteiger charge is -2.06.